The van der Waals surface area contributed by atoms with Crippen LogP contribution in [0.15, 0.2) is 12.4 Å². The Morgan fingerprint density at radius 1 is 1.47 bits per heavy atom. The second-order valence-electron chi connectivity index (χ2n) is 5.16. The third-order valence-corrected chi connectivity index (χ3v) is 3.57. The van der Waals surface area contributed by atoms with E-state index in [0.717, 1.165) is 25.4 Å². The van der Waals surface area contributed by atoms with E-state index in [0.29, 0.717) is 6.04 Å². The first-order chi connectivity index (χ1) is 8.33. The van der Waals surface area contributed by atoms with Crippen molar-refractivity contribution < 1.29 is 0 Å². The van der Waals surface area contributed by atoms with Crippen LogP contribution in [0.2, 0.25) is 0 Å². The van der Waals surface area contributed by atoms with E-state index in [4.69, 9.17) is 0 Å². The second-order valence-corrected chi connectivity index (χ2v) is 5.16. The molecule has 1 unspecified atom stereocenters. The third kappa shape index (κ3) is 3.84. The van der Waals surface area contributed by atoms with Crippen LogP contribution in [0.3, 0.4) is 0 Å². The van der Waals surface area contributed by atoms with E-state index in [1.165, 1.54) is 31.5 Å². The molecule has 0 aliphatic heterocycles. The van der Waals surface area contributed by atoms with Gasteiger partial charge in [0, 0.05) is 31.4 Å². The molecule has 3 nitrogen and oxygen atoms in total. The van der Waals surface area contributed by atoms with Gasteiger partial charge >= 0.3 is 0 Å². The normalized spacial score (nSPS) is 17.3. The maximum Gasteiger partial charge on any atom is 0.110 e. The molecule has 2 rings (SSSR count). The Kier molecular flexibility index (Phi) is 4.60. The quantitative estimate of drug-likeness (QED) is 0.750. The van der Waals surface area contributed by atoms with Gasteiger partial charge in [0.15, 0.2) is 0 Å². The molecular weight excluding hydrogens is 210 g/mol. The summed E-state index contributed by atoms with van der Waals surface area (Å²) in [6.07, 6.45) is 10.5. The number of hydrogen-bond acceptors (Lipinski definition) is 2. The zero-order valence-corrected chi connectivity index (χ0v) is 11.2. The first kappa shape index (κ1) is 12.6. The van der Waals surface area contributed by atoms with Crippen LogP contribution in [0.25, 0.3) is 0 Å². The van der Waals surface area contributed by atoms with Crippen LogP contribution in [0.1, 0.15) is 45.4 Å². The van der Waals surface area contributed by atoms with E-state index in [1.54, 1.807) is 0 Å². The van der Waals surface area contributed by atoms with E-state index in [2.05, 4.69) is 34.9 Å². The molecule has 17 heavy (non-hydrogen) atoms. The van der Waals surface area contributed by atoms with Crippen molar-refractivity contribution in [2.45, 2.75) is 58.5 Å². The summed E-state index contributed by atoms with van der Waals surface area (Å²) in [5.41, 5.74) is 0. The van der Waals surface area contributed by atoms with Crippen LogP contribution in [-0.4, -0.2) is 22.1 Å². The minimum Gasteiger partial charge on any atom is -0.335 e. The van der Waals surface area contributed by atoms with Gasteiger partial charge in [0.1, 0.15) is 5.82 Å². The Hall–Kier alpha value is -0.830. The van der Waals surface area contributed by atoms with Crippen molar-refractivity contribution in [2.24, 2.45) is 5.92 Å². The highest BCUT2D eigenvalue weighted by atomic mass is 15.1. The standard InChI is InChI=1S/C14H25N3/c1-3-7-15-13(10-12-5-6-12)11-14-16-8-9-17(14)4-2/h8-9,12-13,15H,3-7,10-11H2,1-2H3. The average Bonchev–Trinajstić information content (AvgIpc) is 3.03. The fraction of sp³-hybridized carbons (Fsp3) is 0.786. The zero-order valence-electron chi connectivity index (χ0n) is 11.2. The van der Waals surface area contributed by atoms with E-state index in [9.17, 15) is 0 Å². The van der Waals surface area contributed by atoms with Crippen molar-refractivity contribution >= 4 is 0 Å². The molecule has 1 atom stereocenters. The van der Waals surface area contributed by atoms with Gasteiger partial charge in [-0.3, -0.25) is 0 Å². The van der Waals surface area contributed by atoms with Gasteiger partial charge in [-0.1, -0.05) is 19.8 Å². The summed E-state index contributed by atoms with van der Waals surface area (Å²) in [5, 5.41) is 3.68. The first-order valence-corrected chi connectivity index (χ1v) is 7.06. The van der Waals surface area contributed by atoms with Crippen molar-refractivity contribution in [1.29, 1.82) is 0 Å². The molecule has 0 spiro atoms. The van der Waals surface area contributed by atoms with Crippen LogP contribution in [0.4, 0.5) is 0 Å². The lowest BCUT2D eigenvalue weighted by molar-refractivity contribution is 0.441. The Bertz CT molecular complexity index is 328. The summed E-state index contributed by atoms with van der Waals surface area (Å²) in [6.45, 7) is 6.57. The number of nitrogens with zero attached hydrogens (tertiary/aromatic N) is 2. The Morgan fingerprint density at radius 3 is 2.94 bits per heavy atom. The molecule has 3 heteroatoms. The summed E-state index contributed by atoms with van der Waals surface area (Å²) in [4.78, 5) is 4.49. The van der Waals surface area contributed by atoms with Crippen molar-refractivity contribution in [1.82, 2.24) is 14.9 Å². The minimum absolute atomic E-state index is 0.621. The average molecular weight is 235 g/mol. The molecule has 1 saturated carbocycles. The largest absolute Gasteiger partial charge is 0.335 e. The van der Waals surface area contributed by atoms with Crippen LogP contribution in [0.5, 0.6) is 0 Å². The Balaban J connectivity index is 1.90. The lowest BCUT2D eigenvalue weighted by Gasteiger charge is -2.18. The molecule has 0 amide bonds. The highest BCUT2D eigenvalue weighted by Gasteiger charge is 2.25. The lowest BCUT2D eigenvalue weighted by atomic mass is 10.1. The number of aryl methyl sites for hydroxylation is 1. The summed E-state index contributed by atoms with van der Waals surface area (Å²) in [5.74, 6) is 2.22. The number of nitrogens with one attached hydrogen (secondary N) is 1. The van der Waals surface area contributed by atoms with Gasteiger partial charge < -0.3 is 9.88 Å². The van der Waals surface area contributed by atoms with Gasteiger partial charge in [-0.25, -0.2) is 4.98 Å². The van der Waals surface area contributed by atoms with E-state index in [1.807, 2.05) is 6.20 Å². The molecule has 1 fully saturated rings. The monoisotopic (exact) mass is 235 g/mol. The van der Waals surface area contributed by atoms with Gasteiger partial charge in [-0.2, -0.15) is 0 Å². The molecule has 1 aromatic heterocycles. The molecule has 1 aromatic rings. The number of aromatic nitrogens is 2. The van der Waals surface area contributed by atoms with E-state index >= 15 is 0 Å². The lowest BCUT2D eigenvalue weighted by Crippen LogP contribution is -2.33. The maximum absolute atomic E-state index is 4.49. The van der Waals surface area contributed by atoms with Crippen LogP contribution < -0.4 is 5.32 Å². The van der Waals surface area contributed by atoms with Gasteiger partial charge in [-0.05, 0) is 32.2 Å². The summed E-state index contributed by atoms with van der Waals surface area (Å²) in [6, 6.07) is 0.621. The third-order valence-electron chi connectivity index (χ3n) is 3.57. The molecule has 1 heterocycles. The highest BCUT2D eigenvalue weighted by molar-refractivity contribution is 4.96. The van der Waals surface area contributed by atoms with Crippen LogP contribution in [-0.2, 0) is 13.0 Å². The topological polar surface area (TPSA) is 29.9 Å². The number of rotatable bonds is 8. The van der Waals surface area contributed by atoms with Crippen molar-refractivity contribution in [3.63, 3.8) is 0 Å². The molecule has 1 N–H and O–H groups in total. The van der Waals surface area contributed by atoms with Gasteiger partial charge in [0.25, 0.3) is 0 Å². The Morgan fingerprint density at radius 2 is 2.29 bits per heavy atom. The van der Waals surface area contributed by atoms with Crippen molar-refractivity contribution in [2.75, 3.05) is 6.54 Å². The SMILES string of the molecule is CCCNC(Cc1nccn1CC)CC1CC1. The second kappa shape index (κ2) is 6.20. The molecule has 0 bridgehead atoms. The summed E-state index contributed by atoms with van der Waals surface area (Å²) in [7, 11) is 0. The predicted octanol–water partition coefficient (Wildman–Crippen LogP) is 2.61. The van der Waals surface area contributed by atoms with Crippen molar-refractivity contribution in [3.05, 3.63) is 18.2 Å². The van der Waals surface area contributed by atoms with Gasteiger partial charge in [-0.15, -0.1) is 0 Å². The molecule has 1 aliphatic carbocycles. The smallest absolute Gasteiger partial charge is 0.110 e. The molecule has 1 aliphatic rings. The highest BCUT2D eigenvalue weighted by Crippen LogP contribution is 2.34. The predicted molar refractivity (Wildman–Crippen MR) is 71.0 cm³/mol. The molecule has 0 saturated heterocycles. The van der Waals surface area contributed by atoms with E-state index < -0.39 is 0 Å². The molecule has 0 radical (unpaired) electrons. The summed E-state index contributed by atoms with van der Waals surface area (Å²) >= 11 is 0. The number of hydrogen-bond donors (Lipinski definition) is 1. The molecular formula is C14H25N3. The fourth-order valence-corrected chi connectivity index (χ4v) is 2.38. The molecule has 0 aromatic carbocycles. The molecule has 96 valence electrons. The van der Waals surface area contributed by atoms with Crippen LogP contribution >= 0.6 is 0 Å². The Labute approximate surface area is 105 Å². The number of imidazole rings is 1. The fourth-order valence-electron chi connectivity index (χ4n) is 2.38. The van der Waals surface area contributed by atoms with Crippen LogP contribution in [0, 0.1) is 5.92 Å². The van der Waals surface area contributed by atoms with Crippen molar-refractivity contribution in [3.8, 4) is 0 Å². The maximum atomic E-state index is 4.49. The minimum atomic E-state index is 0.621. The van der Waals surface area contributed by atoms with Gasteiger partial charge in [0.2, 0.25) is 0 Å². The van der Waals surface area contributed by atoms with E-state index in [-0.39, 0.29) is 0 Å². The zero-order chi connectivity index (χ0) is 12.1. The summed E-state index contributed by atoms with van der Waals surface area (Å²) < 4.78 is 2.26. The van der Waals surface area contributed by atoms with Gasteiger partial charge in [0.05, 0.1) is 0 Å². The first-order valence-electron chi connectivity index (χ1n) is 7.06.